The summed E-state index contributed by atoms with van der Waals surface area (Å²) in [6, 6.07) is 3.99. The number of hydrogen-bond acceptors (Lipinski definition) is 5. The van der Waals surface area contributed by atoms with Crippen molar-refractivity contribution in [3.63, 3.8) is 0 Å². The number of phenols is 2. The zero-order valence-corrected chi connectivity index (χ0v) is 7.85. The molecule has 0 unspecified atom stereocenters. The lowest BCUT2D eigenvalue weighted by molar-refractivity contribution is 0.343. The highest BCUT2D eigenvalue weighted by Crippen LogP contribution is 2.41. The summed E-state index contributed by atoms with van der Waals surface area (Å²) in [5, 5.41) is 19.5. The summed E-state index contributed by atoms with van der Waals surface area (Å²) in [7, 11) is 1.29. The van der Waals surface area contributed by atoms with Gasteiger partial charge in [0.25, 0.3) is 0 Å². The molecule has 0 fully saturated rings. The number of benzene rings is 1. The maximum Gasteiger partial charge on any atom is 0.336 e. The minimum Gasteiger partial charge on any atom is -0.504 e. The molecule has 0 saturated carbocycles. The normalized spacial score (nSPS) is 10.5. The number of phenolic OH excluding ortho intramolecular Hbond substituents is 2. The summed E-state index contributed by atoms with van der Waals surface area (Å²) in [5.74, 6) is -0.710. The Balaban J connectivity index is 2.92. The van der Waals surface area contributed by atoms with Crippen molar-refractivity contribution in [2.75, 3.05) is 7.11 Å². The number of rotatable bonds is 1. The molecule has 0 aliphatic rings. The van der Waals surface area contributed by atoms with Crippen LogP contribution in [0.15, 0.2) is 27.4 Å². The van der Waals surface area contributed by atoms with Crippen LogP contribution < -0.4 is 10.4 Å². The summed E-state index contributed by atoms with van der Waals surface area (Å²) >= 11 is 0. The first-order valence-electron chi connectivity index (χ1n) is 4.16. The van der Waals surface area contributed by atoms with Crippen molar-refractivity contribution in [3.05, 3.63) is 28.6 Å². The molecule has 0 aliphatic heterocycles. The van der Waals surface area contributed by atoms with Gasteiger partial charge in [0.15, 0.2) is 11.3 Å². The third kappa shape index (κ3) is 1.38. The maximum absolute atomic E-state index is 10.9. The SMILES string of the molecule is COc1c(O)cc2ccc(=O)oc2c1O. The molecule has 2 N–H and O–H groups in total. The Morgan fingerprint density at radius 2 is 2.07 bits per heavy atom. The Morgan fingerprint density at radius 3 is 2.73 bits per heavy atom. The summed E-state index contributed by atoms with van der Waals surface area (Å²) < 4.78 is 9.55. The second-order valence-corrected chi connectivity index (χ2v) is 2.95. The number of fused-ring (bicyclic) bond motifs is 1. The monoisotopic (exact) mass is 208 g/mol. The number of ether oxygens (including phenoxy) is 1. The zero-order valence-electron chi connectivity index (χ0n) is 7.85. The van der Waals surface area contributed by atoms with Crippen LogP contribution in [0.3, 0.4) is 0 Å². The van der Waals surface area contributed by atoms with E-state index in [-0.39, 0.29) is 22.8 Å². The number of methoxy groups -OCH3 is 1. The van der Waals surface area contributed by atoms with Crippen LogP contribution in [0.25, 0.3) is 11.0 Å². The molecule has 0 aliphatic carbocycles. The summed E-state index contributed by atoms with van der Waals surface area (Å²) in [6.45, 7) is 0. The third-order valence-corrected chi connectivity index (χ3v) is 2.02. The molecular weight excluding hydrogens is 200 g/mol. The zero-order chi connectivity index (χ0) is 11.0. The first kappa shape index (κ1) is 9.39. The Bertz CT molecular complexity index is 570. The molecule has 1 aromatic carbocycles. The van der Waals surface area contributed by atoms with Crippen molar-refractivity contribution in [2.24, 2.45) is 0 Å². The van der Waals surface area contributed by atoms with Gasteiger partial charge >= 0.3 is 5.63 Å². The lowest BCUT2D eigenvalue weighted by Gasteiger charge is -2.07. The largest absolute Gasteiger partial charge is 0.504 e. The standard InChI is InChI=1S/C10H8O5/c1-14-10-6(11)4-5-2-3-7(12)15-9(5)8(10)13/h2-4,11,13H,1H3. The Hall–Kier alpha value is -2.17. The molecular formula is C10H8O5. The van der Waals surface area contributed by atoms with E-state index in [4.69, 9.17) is 9.15 Å². The summed E-state index contributed by atoms with van der Waals surface area (Å²) in [5.41, 5.74) is -0.581. The highest BCUT2D eigenvalue weighted by Gasteiger charge is 2.14. The van der Waals surface area contributed by atoms with Crippen LogP contribution in [-0.4, -0.2) is 17.3 Å². The fourth-order valence-electron chi connectivity index (χ4n) is 1.36. The van der Waals surface area contributed by atoms with Crippen LogP contribution in [0.2, 0.25) is 0 Å². The topological polar surface area (TPSA) is 79.9 Å². The molecule has 78 valence electrons. The second-order valence-electron chi connectivity index (χ2n) is 2.95. The highest BCUT2D eigenvalue weighted by molar-refractivity contribution is 5.87. The van der Waals surface area contributed by atoms with Crippen molar-refractivity contribution >= 4 is 11.0 Å². The van der Waals surface area contributed by atoms with Gasteiger partial charge in [-0.2, -0.15) is 0 Å². The Morgan fingerprint density at radius 1 is 1.33 bits per heavy atom. The van der Waals surface area contributed by atoms with Crippen LogP contribution in [-0.2, 0) is 0 Å². The van der Waals surface area contributed by atoms with Gasteiger partial charge in [-0.25, -0.2) is 4.79 Å². The molecule has 0 bridgehead atoms. The fourth-order valence-corrected chi connectivity index (χ4v) is 1.36. The van der Waals surface area contributed by atoms with Gasteiger partial charge in [-0.05, 0) is 12.1 Å². The predicted octanol–water partition coefficient (Wildman–Crippen LogP) is 1.21. The van der Waals surface area contributed by atoms with Crippen molar-refractivity contribution in [1.82, 2.24) is 0 Å². The predicted molar refractivity (Wildman–Crippen MR) is 52.4 cm³/mol. The van der Waals surface area contributed by atoms with E-state index in [2.05, 4.69) is 0 Å². The van der Waals surface area contributed by atoms with Crippen molar-refractivity contribution in [2.45, 2.75) is 0 Å². The van der Waals surface area contributed by atoms with Crippen molar-refractivity contribution in [3.8, 4) is 17.2 Å². The minimum atomic E-state index is -0.578. The van der Waals surface area contributed by atoms with Gasteiger partial charge in [-0.15, -0.1) is 0 Å². The molecule has 2 aromatic rings. The van der Waals surface area contributed by atoms with Crippen LogP contribution >= 0.6 is 0 Å². The van der Waals surface area contributed by atoms with E-state index in [0.29, 0.717) is 5.39 Å². The van der Waals surface area contributed by atoms with Gasteiger partial charge in [0.2, 0.25) is 11.5 Å². The average Bonchev–Trinajstić information content (AvgIpc) is 2.20. The lowest BCUT2D eigenvalue weighted by Crippen LogP contribution is -1.95. The number of aromatic hydroxyl groups is 2. The third-order valence-electron chi connectivity index (χ3n) is 2.02. The molecule has 2 rings (SSSR count). The molecule has 1 aromatic heterocycles. The quantitative estimate of drug-likeness (QED) is 0.688. The van der Waals surface area contributed by atoms with Gasteiger partial charge < -0.3 is 19.4 Å². The van der Waals surface area contributed by atoms with E-state index < -0.39 is 5.63 Å². The smallest absolute Gasteiger partial charge is 0.336 e. The number of hydrogen-bond donors (Lipinski definition) is 2. The molecule has 1 heterocycles. The van der Waals surface area contributed by atoms with E-state index in [1.807, 2.05) is 0 Å². The van der Waals surface area contributed by atoms with E-state index in [1.165, 1.54) is 25.3 Å². The van der Waals surface area contributed by atoms with Crippen LogP contribution in [0.4, 0.5) is 0 Å². The van der Waals surface area contributed by atoms with E-state index in [0.717, 1.165) is 0 Å². The van der Waals surface area contributed by atoms with Gasteiger partial charge in [0, 0.05) is 11.5 Å². The Kier molecular flexibility index (Phi) is 2.00. The fraction of sp³-hybridized carbons (Fsp3) is 0.100. The minimum absolute atomic E-state index is 0.00264. The summed E-state index contributed by atoms with van der Waals surface area (Å²) in [4.78, 5) is 10.9. The molecule has 5 nitrogen and oxygen atoms in total. The van der Waals surface area contributed by atoms with Crippen LogP contribution in [0.5, 0.6) is 17.2 Å². The van der Waals surface area contributed by atoms with E-state index in [1.54, 1.807) is 0 Å². The Labute approximate surface area is 84.1 Å². The van der Waals surface area contributed by atoms with Crippen LogP contribution in [0, 0.1) is 0 Å². The molecule has 0 spiro atoms. The van der Waals surface area contributed by atoms with Crippen molar-refractivity contribution < 1.29 is 19.4 Å². The van der Waals surface area contributed by atoms with Gasteiger partial charge in [-0.1, -0.05) is 0 Å². The highest BCUT2D eigenvalue weighted by atomic mass is 16.5. The molecule has 0 amide bonds. The molecule has 5 heteroatoms. The molecule has 0 radical (unpaired) electrons. The molecule has 0 saturated heterocycles. The first-order chi connectivity index (χ1) is 7.13. The average molecular weight is 208 g/mol. The molecule has 15 heavy (non-hydrogen) atoms. The summed E-state index contributed by atoms with van der Waals surface area (Å²) in [6.07, 6.45) is 0. The van der Waals surface area contributed by atoms with Crippen LogP contribution in [0.1, 0.15) is 0 Å². The van der Waals surface area contributed by atoms with Gasteiger partial charge in [-0.3, -0.25) is 0 Å². The molecule has 0 atom stereocenters. The van der Waals surface area contributed by atoms with Gasteiger partial charge in [0.1, 0.15) is 0 Å². The van der Waals surface area contributed by atoms with E-state index >= 15 is 0 Å². The lowest BCUT2D eigenvalue weighted by atomic mass is 10.2. The maximum atomic E-state index is 10.9. The van der Waals surface area contributed by atoms with Crippen molar-refractivity contribution in [1.29, 1.82) is 0 Å². The van der Waals surface area contributed by atoms with E-state index in [9.17, 15) is 15.0 Å². The second kappa shape index (κ2) is 3.20. The first-order valence-corrected chi connectivity index (χ1v) is 4.16. The van der Waals surface area contributed by atoms with Gasteiger partial charge in [0.05, 0.1) is 7.11 Å².